The topological polar surface area (TPSA) is 34.1 Å². The first-order chi connectivity index (χ1) is 7.22. The second kappa shape index (κ2) is 4.37. The molecule has 78 valence electrons. The lowest BCUT2D eigenvalue weighted by Gasteiger charge is -2.05. The molecular weight excluding hydrogens is 232 g/mol. The molecule has 1 heterocycles. The van der Waals surface area contributed by atoms with E-state index in [9.17, 15) is 9.59 Å². The molecule has 0 aromatic heterocycles. The van der Waals surface area contributed by atoms with Gasteiger partial charge < -0.3 is 4.79 Å². The smallest absolute Gasteiger partial charge is 0.174 e. The summed E-state index contributed by atoms with van der Waals surface area (Å²) in [7, 11) is 0. The highest BCUT2D eigenvalue weighted by molar-refractivity contribution is 7.99. The molecule has 0 fully saturated rings. The fraction of sp³-hybridized carbons (Fsp3) is 0.273. The van der Waals surface area contributed by atoms with Crippen LogP contribution in [0, 0.1) is 5.92 Å². The lowest BCUT2D eigenvalue weighted by Crippen LogP contribution is -2.15. The number of halogens is 1. The molecule has 2 nitrogen and oxygen atoms in total. The summed E-state index contributed by atoms with van der Waals surface area (Å²) in [6, 6.07) is 5.25. The molecule has 1 unspecified atom stereocenters. The van der Waals surface area contributed by atoms with Gasteiger partial charge in [0, 0.05) is 15.5 Å². The second-order valence-electron chi connectivity index (χ2n) is 3.38. The van der Waals surface area contributed by atoms with E-state index in [0.717, 1.165) is 16.9 Å². The van der Waals surface area contributed by atoms with E-state index >= 15 is 0 Å². The van der Waals surface area contributed by atoms with Crippen LogP contribution in [0.2, 0.25) is 5.02 Å². The number of hydrogen-bond acceptors (Lipinski definition) is 3. The molecule has 4 heteroatoms. The van der Waals surface area contributed by atoms with E-state index in [2.05, 4.69) is 0 Å². The Hall–Kier alpha value is -0.800. The summed E-state index contributed by atoms with van der Waals surface area (Å²) in [4.78, 5) is 23.6. The zero-order valence-electron chi connectivity index (χ0n) is 7.90. The highest BCUT2D eigenvalue weighted by Crippen LogP contribution is 2.32. The summed E-state index contributed by atoms with van der Waals surface area (Å²) in [6.45, 7) is 0. The first-order valence-corrected chi connectivity index (χ1v) is 6.00. The third kappa shape index (κ3) is 2.08. The normalized spacial score (nSPS) is 20.6. The number of aldehydes is 1. The van der Waals surface area contributed by atoms with Crippen LogP contribution >= 0.6 is 23.4 Å². The molecule has 1 aromatic rings. The summed E-state index contributed by atoms with van der Waals surface area (Å²) in [5, 5.41) is 0.536. The molecule has 2 rings (SSSR count). The lowest BCUT2D eigenvalue weighted by atomic mass is 9.97. The molecule has 0 saturated heterocycles. The average molecular weight is 241 g/mol. The van der Waals surface area contributed by atoms with Gasteiger partial charge in [0.1, 0.15) is 6.29 Å². The summed E-state index contributed by atoms with van der Waals surface area (Å²) in [5.74, 6) is 0.189. The van der Waals surface area contributed by atoms with Crippen molar-refractivity contribution in [2.75, 3.05) is 5.75 Å². The molecule has 0 bridgehead atoms. The van der Waals surface area contributed by atoms with Crippen molar-refractivity contribution >= 4 is 35.4 Å². The predicted molar refractivity (Wildman–Crippen MR) is 60.7 cm³/mol. The first kappa shape index (κ1) is 10.7. The van der Waals surface area contributed by atoms with Crippen molar-refractivity contribution in [3.63, 3.8) is 0 Å². The van der Waals surface area contributed by atoms with Crippen molar-refractivity contribution in [3.8, 4) is 0 Å². The largest absolute Gasteiger partial charge is 0.303 e. The number of hydrogen-bond donors (Lipinski definition) is 0. The Kier molecular flexibility index (Phi) is 3.12. The first-order valence-electron chi connectivity index (χ1n) is 4.64. The molecule has 1 aliphatic rings. The third-order valence-corrected chi connectivity index (χ3v) is 3.74. The van der Waals surface area contributed by atoms with E-state index in [0.29, 0.717) is 17.0 Å². The predicted octanol–water partition coefficient (Wildman–Crippen LogP) is 2.83. The number of fused-ring (bicyclic) bond motifs is 1. The maximum Gasteiger partial charge on any atom is 0.174 e. The molecule has 1 aromatic carbocycles. The fourth-order valence-corrected chi connectivity index (χ4v) is 2.82. The average Bonchev–Trinajstić information content (AvgIpc) is 2.39. The van der Waals surface area contributed by atoms with Crippen molar-refractivity contribution in [2.45, 2.75) is 11.3 Å². The Morgan fingerprint density at radius 3 is 3.00 bits per heavy atom. The Balaban J connectivity index is 2.48. The molecule has 0 spiro atoms. The highest BCUT2D eigenvalue weighted by atomic mass is 35.5. The van der Waals surface area contributed by atoms with Crippen LogP contribution in [0.3, 0.4) is 0 Å². The van der Waals surface area contributed by atoms with Gasteiger partial charge >= 0.3 is 0 Å². The van der Waals surface area contributed by atoms with Gasteiger partial charge in [-0.05, 0) is 30.4 Å². The Morgan fingerprint density at radius 1 is 1.47 bits per heavy atom. The molecule has 1 atom stereocenters. The number of carbonyl (C=O) groups excluding carboxylic acids is 2. The zero-order chi connectivity index (χ0) is 10.8. The summed E-state index contributed by atoms with van der Waals surface area (Å²) in [6.07, 6.45) is 1.35. The van der Waals surface area contributed by atoms with Crippen LogP contribution in [-0.2, 0) is 4.79 Å². The Morgan fingerprint density at radius 2 is 2.27 bits per heavy atom. The van der Waals surface area contributed by atoms with Crippen molar-refractivity contribution < 1.29 is 9.59 Å². The van der Waals surface area contributed by atoms with Crippen LogP contribution in [0.5, 0.6) is 0 Å². The van der Waals surface area contributed by atoms with E-state index in [1.807, 2.05) is 6.07 Å². The van der Waals surface area contributed by atoms with Gasteiger partial charge in [0.2, 0.25) is 0 Å². The molecule has 0 amide bonds. The van der Waals surface area contributed by atoms with Gasteiger partial charge in [-0.1, -0.05) is 11.6 Å². The Labute approximate surface area is 97.0 Å². The summed E-state index contributed by atoms with van der Waals surface area (Å²) in [5.41, 5.74) is 0.585. The number of benzene rings is 1. The monoisotopic (exact) mass is 240 g/mol. The molecule has 15 heavy (non-hydrogen) atoms. The quantitative estimate of drug-likeness (QED) is 0.559. The minimum atomic E-state index is -0.503. The second-order valence-corrected chi connectivity index (χ2v) is 4.96. The number of ketones is 1. The van der Waals surface area contributed by atoms with Gasteiger partial charge in [0.15, 0.2) is 5.78 Å². The van der Waals surface area contributed by atoms with Gasteiger partial charge in [0.05, 0.1) is 5.92 Å². The SMILES string of the molecule is O=CC1CCSc2ccc(Cl)cc2C1=O. The molecular formula is C11H9ClO2S. The standard InChI is InChI=1S/C11H9ClO2S/c12-8-1-2-10-9(5-8)11(14)7(6-13)3-4-15-10/h1-2,5-7H,3-4H2. The van der Waals surface area contributed by atoms with Crippen LogP contribution in [0.15, 0.2) is 23.1 Å². The van der Waals surface area contributed by atoms with Gasteiger partial charge in [-0.25, -0.2) is 0 Å². The van der Waals surface area contributed by atoms with Crippen molar-refractivity contribution in [1.82, 2.24) is 0 Å². The zero-order valence-corrected chi connectivity index (χ0v) is 9.48. The van der Waals surface area contributed by atoms with E-state index in [1.54, 1.807) is 23.9 Å². The maximum atomic E-state index is 11.9. The van der Waals surface area contributed by atoms with Crippen molar-refractivity contribution in [1.29, 1.82) is 0 Å². The van der Waals surface area contributed by atoms with Crippen LogP contribution < -0.4 is 0 Å². The van der Waals surface area contributed by atoms with Crippen molar-refractivity contribution in [3.05, 3.63) is 28.8 Å². The van der Waals surface area contributed by atoms with Crippen LogP contribution in [0.4, 0.5) is 0 Å². The minimum Gasteiger partial charge on any atom is -0.303 e. The third-order valence-electron chi connectivity index (χ3n) is 2.39. The molecule has 0 N–H and O–H groups in total. The van der Waals surface area contributed by atoms with Gasteiger partial charge in [0.25, 0.3) is 0 Å². The number of thioether (sulfide) groups is 1. The minimum absolute atomic E-state index is 0.104. The van der Waals surface area contributed by atoms with E-state index in [4.69, 9.17) is 11.6 Å². The van der Waals surface area contributed by atoms with Gasteiger partial charge in [-0.15, -0.1) is 11.8 Å². The van der Waals surface area contributed by atoms with Crippen molar-refractivity contribution in [2.24, 2.45) is 5.92 Å². The fourth-order valence-electron chi connectivity index (χ4n) is 1.58. The summed E-state index contributed by atoms with van der Waals surface area (Å²) >= 11 is 7.44. The number of carbonyl (C=O) groups is 2. The lowest BCUT2D eigenvalue weighted by molar-refractivity contribution is -0.109. The van der Waals surface area contributed by atoms with E-state index in [1.165, 1.54) is 0 Å². The van der Waals surface area contributed by atoms with Gasteiger partial charge in [-0.2, -0.15) is 0 Å². The summed E-state index contributed by atoms with van der Waals surface area (Å²) < 4.78 is 0. The van der Waals surface area contributed by atoms with Crippen LogP contribution in [0.1, 0.15) is 16.8 Å². The highest BCUT2D eigenvalue weighted by Gasteiger charge is 2.25. The molecule has 0 saturated carbocycles. The molecule has 0 radical (unpaired) electrons. The molecule has 1 aliphatic heterocycles. The number of Topliss-reactive ketones (excluding diaryl/α,β-unsaturated/α-hetero) is 1. The maximum absolute atomic E-state index is 11.9. The Bertz CT molecular complexity index is 417. The van der Waals surface area contributed by atoms with Gasteiger partial charge in [-0.3, -0.25) is 4.79 Å². The van der Waals surface area contributed by atoms with Crippen LogP contribution in [0.25, 0.3) is 0 Å². The van der Waals surface area contributed by atoms with E-state index < -0.39 is 5.92 Å². The van der Waals surface area contributed by atoms with E-state index in [-0.39, 0.29) is 5.78 Å². The molecule has 0 aliphatic carbocycles. The number of rotatable bonds is 1. The van der Waals surface area contributed by atoms with Crippen LogP contribution in [-0.4, -0.2) is 17.8 Å².